The molecule has 0 radical (unpaired) electrons. The van der Waals surface area contributed by atoms with Crippen LogP contribution in [0, 0.1) is 0 Å². The number of ether oxygens (including phenoxy) is 1. The van der Waals surface area contributed by atoms with Gasteiger partial charge in [-0.3, -0.25) is 4.57 Å². The fourth-order valence-corrected chi connectivity index (χ4v) is 1.41. The number of nitrogen functional groups attached to an aromatic ring is 1. The summed E-state index contributed by atoms with van der Waals surface area (Å²) in [5.41, 5.74) is 7.01. The molecule has 5 nitrogen and oxygen atoms in total. The van der Waals surface area contributed by atoms with Crippen molar-refractivity contribution in [2.45, 2.75) is 0 Å². The summed E-state index contributed by atoms with van der Waals surface area (Å²) in [6, 6.07) is 6.93. The van der Waals surface area contributed by atoms with Crippen LogP contribution in [0.2, 0.25) is 0 Å². The summed E-state index contributed by atoms with van der Waals surface area (Å²) in [6.07, 6.45) is 3.37. The number of rotatable bonds is 2. The van der Waals surface area contributed by atoms with Crippen LogP contribution in [0.3, 0.4) is 0 Å². The van der Waals surface area contributed by atoms with Gasteiger partial charge in [-0.1, -0.05) is 0 Å². The Morgan fingerprint density at radius 2 is 2.06 bits per heavy atom. The van der Waals surface area contributed by atoms with Crippen molar-refractivity contribution < 1.29 is 9.53 Å². The Kier molecular flexibility index (Phi) is 2.59. The highest BCUT2D eigenvalue weighted by Gasteiger charge is 2.05. The van der Waals surface area contributed by atoms with Crippen LogP contribution in [0.1, 0.15) is 10.4 Å². The Morgan fingerprint density at radius 1 is 1.38 bits per heavy atom. The maximum Gasteiger partial charge on any atom is 0.337 e. The molecule has 0 aliphatic rings. The molecular formula is C11H11N3O2. The van der Waals surface area contributed by atoms with Crippen LogP contribution in [-0.2, 0) is 4.74 Å². The standard InChI is InChI=1S/C11H11N3O2/c1-16-10(15)8-2-4-9(5-3-8)14-7-6-13-11(14)12/h2-7H,1H3,(H2,12,13). The maximum atomic E-state index is 11.2. The summed E-state index contributed by atoms with van der Waals surface area (Å²) in [4.78, 5) is 15.1. The average Bonchev–Trinajstić information content (AvgIpc) is 2.75. The van der Waals surface area contributed by atoms with Gasteiger partial charge >= 0.3 is 5.97 Å². The van der Waals surface area contributed by atoms with Gasteiger partial charge in [0.15, 0.2) is 0 Å². The largest absolute Gasteiger partial charge is 0.465 e. The van der Waals surface area contributed by atoms with Gasteiger partial charge in [0, 0.05) is 18.1 Å². The number of hydrogen-bond acceptors (Lipinski definition) is 4. The number of aromatic nitrogens is 2. The van der Waals surface area contributed by atoms with Crippen LogP contribution < -0.4 is 5.73 Å². The van der Waals surface area contributed by atoms with Crippen LogP contribution in [0.5, 0.6) is 0 Å². The van der Waals surface area contributed by atoms with Crippen LogP contribution >= 0.6 is 0 Å². The smallest absolute Gasteiger partial charge is 0.337 e. The monoisotopic (exact) mass is 217 g/mol. The SMILES string of the molecule is COC(=O)c1ccc(-n2ccnc2N)cc1. The Balaban J connectivity index is 2.33. The first kappa shape index (κ1) is 10.2. The predicted molar refractivity (Wildman–Crippen MR) is 59.3 cm³/mol. The normalized spacial score (nSPS) is 10.1. The van der Waals surface area contributed by atoms with E-state index in [1.807, 2.05) is 0 Å². The molecule has 2 aromatic rings. The number of benzene rings is 1. The van der Waals surface area contributed by atoms with Crippen LogP contribution in [0.25, 0.3) is 5.69 Å². The summed E-state index contributed by atoms with van der Waals surface area (Å²) in [5.74, 6) is 0.0518. The molecule has 0 spiro atoms. The molecule has 0 aliphatic carbocycles. The van der Waals surface area contributed by atoms with Gasteiger partial charge in [-0.15, -0.1) is 0 Å². The lowest BCUT2D eigenvalue weighted by atomic mass is 10.2. The lowest BCUT2D eigenvalue weighted by molar-refractivity contribution is 0.0601. The third kappa shape index (κ3) is 1.75. The van der Waals surface area contributed by atoms with E-state index in [-0.39, 0.29) is 5.97 Å². The molecule has 0 saturated carbocycles. The first-order valence-electron chi connectivity index (χ1n) is 4.70. The molecule has 2 N–H and O–H groups in total. The molecule has 1 aromatic heterocycles. The van der Waals surface area contributed by atoms with Crippen molar-refractivity contribution in [2.24, 2.45) is 0 Å². The van der Waals surface area contributed by atoms with E-state index >= 15 is 0 Å². The number of carbonyl (C=O) groups excluding carboxylic acids is 1. The zero-order chi connectivity index (χ0) is 11.5. The second kappa shape index (κ2) is 4.06. The van der Waals surface area contributed by atoms with Gasteiger partial charge < -0.3 is 10.5 Å². The molecular weight excluding hydrogens is 206 g/mol. The second-order valence-corrected chi connectivity index (χ2v) is 3.19. The highest BCUT2D eigenvalue weighted by atomic mass is 16.5. The van der Waals surface area contributed by atoms with Crippen molar-refractivity contribution in [3.05, 3.63) is 42.2 Å². The summed E-state index contributed by atoms with van der Waals surface area (Å²) in [5, 5.41) is 0. The molecule has 2 rings (SSSR count). The minimum Gasteiger partial charge on any atom is -0.465 e. The fourth-order valence-electron chi connectivity index (χ4n) is 1.41. The van der Waals surface area contributed by atoms with Gasteiger partial charge in [-0.2, -0.15) is 0 Å². The first-order valence-corrected chi connectivity index (χ1v) is 4.70. The summed E-state index contributed by atoms with van der Waals surface area (Å²) < 4.78 is 6.33. The summed E-state index contributed by atoms with van der Waals surface area (Å²) in [6.45, 7) is 0. The molecule has 0 atom stereocenters. The quantitative estimate of drug-likeness (QED) is 0.768. The lowest BCUT2D eigenvalue weighted by Crippen LogP contribution is -2.03. The molecule has 16 heavy (non-hydrogen) atoms. The van der Waals surface area contributed by atoms with Crippen molar-refractivity contribution in [2.75, 3.05) is 12.8 Å². The maximum absolute atomic E-state index is 11.2. The van der Waals surface area contributed by atoms with E-state index in [1.54, 1.807) is 41.2 Å². The number of esters is 1. The Morgan fingerprint density at radius 3 is 2.56 bits per heavy atom. The fraction of sp³-hybridized carbons (Fsp3) is 0.0909. The van der Waals surface area contributed by atoms with E-state index in [0.717, 1.165) is 5.69 Å². The van der Waals surface area contributed by atoms with E-state index in [1.165, 1.54) is 7.11 Å². The lowest BCUT2D eigenvalue weighted by Gasteiger charge is -2.05. The molecule has 0 unspecified atom stereocenters. The molecule has 0 fully saturated rings. The van der Waals surface area contributed by atoms with E-state index in [0.29, 0.717) is 11.5 Å². The van der Waals surface area contributed by atoms with Gasteiger partial charge in [0.25, 0.3) is 0 Å². The minimum absolute atomic E-state index is 0.356. The number of nitrogens with zero attached hydrogens (tertiary/aromatic N) is 2. The van der Waals surface area contributed by atoms with Crippen LogP contribution in [-0.4, -0.2) is 22.6 Å². The van der Waals surface area contributed by atoms with E-state index in [4.69, 9.17) is 5.73 Å². The minimum atomic E-state index is -0.356. The van der Waals surface area contributed by atoms with Gasteiger partial charge in [0.05, 0.1) is 12.7 Å². The van der Waals surface area contributed by atoms with Crippen LogP contribution in [0.4, 0.5) is 5.95 Å². The topological polar surface area (TPSA) is 70.1 Å². The van der Waals surface area contributed by atoms with Crippen molar-refractivity contribution in [3.8, 4) is 5.69 Å². The molecule has 0 bridgehead atoms. The van der Waals surface area contributed by atoms with Crippen LogP contribution in [0.15, 0.2) is 36.7 Å². The van der Waals surface area contributed by atoms with E-state index in [2.05, 4.69) is 9.72 Å². The van der Waals surface area contributed by atoms with Gasteiger partial charge in [-0.25, -0.2) is 9.78 Å². The van der Waals surface area contributed by atoms with E-state index < -0.39 is 0 Å². The van der Waals surface area contributed by atoms with Crippen molar-refractivity contribution in [3.63, 3.8) is 0 Å². The van der Waals surface area contributed by atoms with Crippen molar-refractivity contribution in [1.29, 1.82) is 0 Å². The van der Waals surface area contributed by atoms with Gasteiger partial charge in [0.1, 0.15) is 0 Å². The first-order chi connectivity index (χ1) is 7.72. The second-order valence-electron chi connectivity index (χ2n) is 3.19. The van der Waals surface area contributed by atoms with Crippen molar-refractivity contribution in [1.82, 2.24) is 9.55 Å². The predicted octanol–water partition coefficient (Wildman–Crippen LogP) is 1.24. The molecule has 1 heterocycles. The number of imidazole rings is 1. The zero-order valence-electron chi connectivity index (χ0n) is 8.75. The van der Waals surface area contributed by atoms with Gasteiger partial charge in [0.2, 0.25) is 5.95 Å². The molecule has 1 aromatic carbocycles. The van der Waals surface area contributed by atoms with E-state index in [9.17, 15) is 4.79 Å². The molecule has 5 heteroatoms. The third-order valence-electron chi connectivity index (χ3n) is 2.24. The number of nitrogens with two attached hydrogens (primary N) is 1. The zero-order valence-corrected chi connectivity index (χ0v) is 8.75. The molecule has 0 aliphatic heterocycles. The average molecular weight is 217 g/mol. The molecule has 0 amide bonds. The Labute approximate surface area is 92.5 Å². The number of anilines is 1. The number of hydrogen-bond donors (Lipinski definition) is 1. The third-order valence-corrected chi connectivity index (χ3v) is 2.24. The summed E-state index contributed by atoms with van der Waals surface area (Å²) in [7, 11) is 1.35. The highest BCUT2D eigenvalue weighted by Crippen LogP contribution is 2.13. The van der Waals surface area contributed by atoms with Crippen molar-refractivity contribution >= 4 is 11.9 Å². The number of methoxy groups -OCH3 is 1. The Bertz CT molecular complexity index is 502. The van der Waals surface area contributed by atoms with Gasteiger partial charge in [-0.05, 0) is 24.3 Å². The summed E-state index contributed by atoms with van der Waals surface area (Å²) >= 11 is 0. The molecule has 82 valence electrons. The Hall–Kier alpha value is -2.30. The number of carbonyl (C=O) groups is 1. The highest BCUT2D eigenvalue weighted by molar-refractivity contribution is 5.89. The molecule has 0 saturated heterocycles.